The van der Waals surface area contributed by atoms with Gasteiger partial charge in [-0.15, -0.1) is 10.2 Å². The highest BCUT2D eigenvalue weighted by Crippen LogP contribution is 2.26. The number of anilines is 1. The maximum atomic E-state index is 12.7. The summed E-state index contributed by atoms with van der Waals surface area (Å²) in [5.74, 6) is 1.34. The minimum Gasteiger partial charge on any atom is -0.489 e. The summed E-state index contributed by atoms with van der Waals surface area (Å²) in [6, 6.07) is 21.1. The Kier molecular flexibility index (Phi) is 6.81. The molecule has 7 nitrogen and oxygen atoms in total. The molecule has 0 bridgehead atoms. The molecule has 162 valence electrons. The quantitative estimate of drug-likeness (QED) is 0.400. The van der Waals surface area contributed by atoms with Gasteiger partial charge >= 0.3 is 0 Å². The number of carbonyl (C=O) groups excluding carboxylic acids is 1. The van der Waals surface area contributed by atoms with Crippen LogP contribution < -0.4 is 10.1 Å². The number of aromatic nitrogens is 4. The lowest BCUT2D eigenvalue weighted by molar-refractivity contribution is -0.115. The van der Waals surface area contributed by atoms with Crippen molar-refractivity contribution in [1.29, 1.82) is 0 Å². The predicted octanol–water partition coefficient (Wildman–Crippen LogP) is 4.58. The molecule has 0 saturated carbocycles. The van der Waals surface area contributed by atoms with Crippen molar-refractivity contribution in [3.05, 3.63) is 84.7 Å². The molecule has 1 unspecified atom stereocenters. The number of nitrogens with zero attached hydrogens (tertiary/aromatic N) is 4. The number of ether oxygens (including phenoxy) is 1. The molecule has 0 fully saturated rings. The molecule has 0 aliphatic heterocycles. The Bertz CT molecular complexity index is 1160. The number of hydrogen-bond donors (Lipinski definition) is 1. The molecule has 2 heterocycles. The Morgan fingerprint density at radius 3 is 2.56 bits per heavy atom. The van der Waals surface area contributed by atoms with Gasteiger partial charge in [0.1, 0.15) is 12.4 Å². The lowest BCUT2D eigenvalue weighted by atomic mass is 10.2. The molecule has 0 spiro atoms. The fourth-order valence-electron chi connectivity index (χ4n) is 2.99. The summed E-state index contributed by atoms with van der Waals surface area (Å²) in [7, 11) is 1.88. The summed E-state index contributed by atoms with van der Waals surface area (Å²) in [5.41, 5.74) is 2.69. The maximum absolute atomic E-state index is 12.7. The first kappa shape index (κ1) is 21.6. The second-order valence-electron chi connectivity index (χ2n) is 7.15. The largest absolute Gasteiger partial charge is 0.489 e. The Hall–Kier alpha value is -3.65. The van der Waals surface area contributed by atoms with E-state index in [0.29, 0.717) is 23.3 Å². The molecule has 2 aromatic heterocycles. The second kappa shape index (κ2) is 10.1. The van der Waals surface area contributed by atoms with Crippen LogP contribution in [0.4, 0.5) is 5.69 Å². The first-order valence-corrected chi connectivity index (χ1v) is 11.0. The maximum Gasteiger partial charge on any atom is 0.237 e. The summed E-state index contributed by atoms with van der Waals surface area (Å²) >= 11 is 1.35. The number of benzene rings is 2. The zero-order valence-corrected chi connectivity index (χ0v) is 18.6. The number of rotatable bonds is 8. The van der Waals surface area contributed by atoms with Crippen molar-refractivity contribution in [2.75, 3.05) is 5.32 Å². The van der Waals surface area contributed by atoms with Crippen molar-refractivity contribution >= 4 is 23.4 Å². The fourth-order valence-corrected chi connectivity index (χ4v) is 3.81. The molecule has 1 N–H and O–H groups in total. The lowest BCUT2D eigenvalue weighted by Gasteiger charge is -2.12. The van der Waals surface area contributed by atoms with Gasteiger partial charge in [0.15, 0.2) is 11.0 Å². The zero-order chi connectivity index (χ0) is 22.3. The minimum absolute atomic E-state index is 0.112. The van der Waals surface area contributed by atoms with Crippen LogP contribution in [0.25, 0.3) is 11.4 Å². The van der Waals surface area contributed by atoms with Gasteiger partial charge in [-0.25, -0.2) is 0 Å². The van der Waals surface area contributed by atoms with E-state index in [9.17, 15) is 4.79 Å². The van der Waals surface area contributed by atoms with Crippen molar-refractivity contribution in [2.24, 2.45) is 7.05 Å². The summed E-state index contributed by atoms with van der Waals surface area (Å²) < 4.78 is 7.66. The smallest absolute Gasteiger partial charge is 0.237 e. The molecule has 4 rings (SSSR count). The van der Waals surface area contributed by atoms with Gasteiger partial charge in [-0.1, -0.05) is 42.1 Å². The monoisotopic (exact) mass is 445 g/mol. The van der Waals surface area contributed by atoms with Crippen LogP contribution in [0.3, 0.4) is 0 Å². The normalized spacial score (nSPS) is 11.7. The second-order valence-corrected chi connectivity index (χ2v) is 8.46. The van der Waals surface area contributed by atoms with Gasteiger partial charge in [0.25, 0.3) is 0 Å². The number of carbonyl (C=O) groups is 1. The van der Waals surface area contributed by atoms with E-state index in [4.69, 9.17) is 4.74 Å². The van der Waals surface area contributed by atoms with Crippen molar-refractivity contribution in [3.8, 4) is 17.1 Å². The van der Waals surface area contributed by atoms with Crippen LogP contribution in [0.2, 0.25) is 0 Å². The number of amides is 1. The zero-order valence-electron chi connectivity index (χ0n) is 17.8. The molecule has 1 amide bonds. The van der Waals surface area contributed by atoms with E-state index in [1.807, 2.05) is 85.3 Å². The molecule has 0 aliphatic carbocycles. The predicted molar refractivity (Wildman–Crippen MR) is 125 cm³/mol. The number of hydrogen-bond acceptors (Lipinski definition) is 6. The van der Waals surface area contributed by atoms with E-state index in [-0.39, 0.29) is 11.2 Å². The van der Waals surface area contributed by atoms with Crippen LogP contribution in [0.1, 0.15) is 12.5 Å². The van der Waals surface area contributed by atoms with Crippen LogP contribution in [-0.4, -0.2) is 30.9 Å². The van der Waals surface area contributed by atoms with Gasteiger partial charge < -0.3 is 14.6 Å². The first-order chi connectivity index (χ1) is 15.6. The van der Waals surface area contributed by atoms with Gasteiger partial charge in [0.05, 0.1) is 5.25 Å². The molecule has 0 saturated heterocycles. The molecule has 4 aromatic rings. The van der Waals surface area contributed by atoms with Gasteiger partial charge in [-0.05, 0) is 48.9 Å². The van der Waals surface area contributed by atoms with E-state index in [0.717, 1.165) is 16.9 Å². The molecule has 0 aliphatic rings. The van der Waals surface area contributed by atoms with Crippen LogP contribution in [-0.2, 0) is 18.4 Å². The fraction of sp³-hybridized carbons (Fsp3) is 0.167. The Balaban J connectivity index is 1.32. The highest BCUT2D eigenvalue weighted by atomic mass is 32.2. The van der Waals surface area contributed by atoms with Crippen molar-refractivity contribution < 1.29 is 9.53 Å². The number of nitrogens with one attached hydrogen (secondary N) is 1. The summed E-state index contributed by atoms with van der Waals surface area (Å²) in [4.78, 5) is 16.8. The highest BCUT2D eigenvalue weighted by Gasteiger charge is 2.19. The van der Waals surface area contributed by atoms with Crippen LogP contribution in [0, 0.1) is 0 Å². The van der Waals surface area contributed by atoms with E-state index >= 15 is 0 Å². The van der Waals surface area contributed by atoms with Crippen molar-refractivity contribution in [2.45, 2.75) is 23.9 Å². The lowest BCUT2D eigenvalue weighted by Crippen LogP contribution is -2.22. The number of thioether (sulfide) groups is 1. The molecule has 8 heteroatoms. The number of pyridine rings is 1. The molecule has 1 atom stereocenters. The van der Waals surface area contributed by atoms with Gasteiger partial charge in [0, 0.05) is 30.7 Å². The topological polar surface area (TPSA) is 81.9 Å². The molecule has 0 radical (unpaired) electrons. The minimum atomic E-state index is -0.353. The third kappa shape index (κ3) is 5.33. The van der Waals surface area contributed by atoms with E-state index in [1.54, 1.807) is 12.4 Å². The summed E-state index contributed by atoms with van der Waals surface area (Å²) in [6.45, 7) is 2.34. The van der Waals surface area contributed by atoms with E-state index in [1.165, 1.54) is 11.8 Å². The van der Waals surface area contributed by atoms with Gasteiger partial charge in [-0.3, -0.25) is 9.78 Å². The Morgan fingerprint density at radius 1 is 1.06 bits per heavy atom. The molecular formula is C24H23N5O2S. The van der Waals surface area contributed by atoms with Crippen LogP contribution in [0.5, 0.6) is 5.75 Å². The average Bonchev–Trinajstić information content (AvgIpc) is 3.19. The Morgan fingerprint density at radius 2 is 1.84 bits per heavy atom. The van der Waals surface area contributed by atoms with Crippen LogP contribution >= 0.6 is 11.8 Å². The van der Waals surface area contributed by atoms with Gasteiger partial charge in [0.2, 0.25) is 5.91 Å². The third-order valence-electron chi connectivity index (χ3n) is 4.78. The molecule has 32 heavy (non-hydrogen) atoms. The Labute approximate surface area is 190 Å². The van der Waals surface area contributed by atoms with Crippen molar-refractivity contribution in [3.63, 3.8) is 0 Å². The SMILES string of the molecule is CC(Sc1nnc(-c2cccnc2)n1C)C(=O)Nc1ccc(OCc2ccccc2)cc1. The third-order valence-corrected chi connectivity index (χ3v) is 5.91. The molecular weight excluding hydrogens is 422 g/mol. The first-order valence-electron chi connectivity index (χ1n) is 10.1. The molecule has 2 aromatic carbocycles. The van der Waals surface area contributed by atoms with Crippen LogP contribution in [0.15, 0.2) is 84.3 Å². The summed E-state index contributed by atoms with van der Waals surface area (Å²) in [6.07, 6.45) is 3.45. The van der Waals surface area contributed by atoms with E-state index < -0.39 is 0 Å². The van der Waals surface area contributed by atoms with Crippen molar-refractivity contribution in [1.82, 2.24) is 19.7 Å². The van der Waals surface area contributed by atoms with Gasteiger partial charge in [-0.2, -0.15) is 0 Å². The standard InChI is InChI=1S/C24H23N5O2S/c1-17(32-24-28-27-22(29(24)2)19-9-6-14-25-15-19)23(30)26-20-10-12-21(13-11-20)31-16-18-7-4-3-5-8-18/h3-15,17H,16H2,1-2H3,(H,26,30). The average molecular weight is 446 g/mol. The van der Waals surface area contributed by atoms with E-state index in [2.05, 4.69) is 20.5 Å². The highest BCUT2D eigenvalue weighted by molar-refractivity contribution is 8.00. The summed E-state index contributed by atoms with van der Waals surface area (Å²) in [5, 5.41) is 11.7.